The van der Waals surface area contributed by atoms with E-state index in [0.29, 0.717) is 0 Å². The Morgan fingerprint density at radius 2 is 2.25 bits per heavy atom. The highest BCUT2D eigenvalue weighted by Crippen LogP contribution is 2.25. The van der Waals surface area contributed by atoms with E-state index in [0.717, 1.165) is 13.1 Å². The number of amides is 2. The van der Waals surface area contributed by atoms with Crippen molar-refractivity contribution in [3.8, 4) is 0 Å². The fraction of sp³-hybridized carbons (Fsp3) is 0.875. The van der Waals surface area contributed by atoms with Crippen molar-refractivity contribution >= 4 is 14.3 Å². The third kappa shape index (κ3) is 1.80. The van der Waals surface area contributed by atoms with Crippen molar-refractivity contribution in [2.75, 3.05) is 13.1 Å². The number of carbonyl (C=O) groups excluding carboxylic acids is 1. The standard InChI is InChI=1S/C8H18N2OSi/c1-4-9-8(11)10-6-5-7-12(10,2)3/h4-7H2,1-3H3,(H,9,11). The summed E-state index contributed by atoms with van der Waals surface area (Å²) in [7, 11) is -1.35. The third-order valence-corrected chi connectivity index (χ3v) is 5.94. The summed E-state index contributed by atoms with van der Waals surface area (Å²) in [5.41, 5.74) is 0. The highest BCUT2D eigenvalue weighted by Gasteiger charge is 2.37. The molecule has 1 N–H and O–H groups in total. The molecule has 0 unspecified atom stereocenters. The van der Waals surface area contributed by atoms with E-state index in [2.05, 4.69) is 23.0 Å². The van der Waals surface area contributed by atoms with E-state index in [-0.39, 0.29) is 6.03 Å². The monoisotopic (exact) mass is 186 g/mol. The Morgan fingerprint density at radius 3 is 2.67 bits per heavy atom. The van der Waals surface area contributed by atoms with E-state index in [4.69, 9.17) is 0 Å². The lowest BCUT2D eigenvalue weighted by Gasteiger charge is -2.29. The fourth-order valence-corrected chi connectivity index (χ4v) is 4.42. The summed E-state index contributed by atoms with van der Waals surface area (Å²) in [6, 6.07) is 1.40. The summed E-state index contributed by atoms with van der Waals surface area (Å²) in [6.07, 6.45) is 1.19. The summed E-state index contributed by atoms with van der Waals surface area (Å²) in [4.78, 5) is 11.5. The van der Waals surface area contributed by atoms with Crippen LogP contribution < -0.4 is 5.32 Å². The van der Waals surface area contributed by atoms with Crippen LogP contribution in [0.5, 0.6) is 0 Å². The Kier molecular flexibility index (Phi) is 2.77. The predicted molar refractivity (Wildman–Crippen MR) is 52.7 cm³/mol. The second-order valence-electron chi connectivity index (χ2n) is 3.90. The van der Waals surface area contributed by atoms with E-state index in [1.807, 2.05) is 6.92 Å². The summed E-state index contributed by atoms with van der Waals surface area (Å²) < 4.78 is 2.07. The van der Waals surface area contributed by atoms with Crippen molar-refractivity contribution < 1.29 is 4.79 Å². The van der Waals surface area contributed by atoms with Gasteiger partial charge in [-0.1, -0.05) is 13.1 Å². The maximum absolute atomic E-state index is 11.5. The van der Waals surface area contributed by atoms with Gasteiger partial charge < -0.3 is 9.88 Å². The molecule has 0 aromatic carbocycles. The molecule has 1 saturated heterocycles. The van der Waals surface area contributed by atoms with Gasteiger partial charge in [-0.25, -0.2) is 4.79 Å². The molecule has 4 heteroatoms. The molecule has 0 aromatic heterocycles. The molecule has 0 radical (unpaired) electrons. The lowest BCUT2D eigenvalue weighted by molar-refractivity contribution is 0.224. The van der Waals surface area contributed by atoms with Crippen molar-refractivity contribution in [2.45, 2.75) is 32.5 Å². The normalized spacial score (nSPS) is 21.1. The first-order chi connectivity index (χ1) is 5.58. The van der Waals surface area contributed by atoms with Gasteiger partial charge >= 0.3 is 6.03 Å². The smallest absolute Gasteiger partial charge is 0.309 e. The second kappa shape index (κ2) is 3.47. The Morgan fingerprint density at radius 1 is 1.58 bits per heavy atom. The number of carbonyl (C=O) groups is 1. The molecule has 1 rings (SSSR count). The summed E-state index contributed by atoms with van der Waals surface area (Å²) in [6.45, 7) is 8.18. The van der Waals surface area contributed by atoms with Gasteiger partial charge in [-0.3, -0.25) is 0 Å². The Hall–Kier alpha value is -0.513. The molecule has 0 bridgehead atoms. The Bertz CT molecular complexity index is 182. The number of hydrogen-bond acceptors (Lipinski definition) is 1. The van der Waals surface area contributed by atoms with Crippen LogP contribution in [0.2, 0.25) is 19.1 Å². The number of rotatable bonds is 1. The number of nitrogens with one attached hydrogen (secondary N) is 1. The molecule has 70 valence electrons. The van der Waals surface area contributed by atoms with Crippen LogP contribution in [0.15, 0.2) is 0 Å². The zero-order valence-electron chi connectivity index (χ0n) is 8.18. The minimum Gasteiger partial charge on any atom is -0.352 e. The van der Waals surface area contributed by atoms with Crippen molar-refractivity contribution in [1.29, 1.82) is 0 Å². The van der Waals surface area contributed by atoms with Crippen molar-refractivity contribution in [2.24, 2.45) is 0 Å². The SMILES string of the molecule is CCNC(=O)N1CCC[Si]1(C)C. The van der Waals surface area contributed by atoms with E-state index in [9.17, 15) is 4.79 Å². The first kappa shape index (κ1) is 9.57. The summed E-state index contributed by atoms with van der Waals surface area (Å²) in [5.74, 6) is 0. The van der Waals surface area contributed by atoms with Crippen molar-refractivity contribution in [3.63, 3.8) is 0 Å². The van der Waals surface area contributed by atoms with Crippen molar-refractivity contribution in [1.82, 2.24) is 9.88 Å². The van der Waals surface area contributed by atoms with E-state index >= 15 is 0 Å². The molecule has 1 aliphatic rings. The number of urea groups is 1. The highest BCUT2D eigenvalue weighted by atomic mass is 28.3. The summed E-state index contributed by atoms with van der Waals surface area (Å²) in [5, 5.41) is 2.86. The van der Waals surface area contributed by atoms with Crippen molar-refractivity contribution in [3.05, 3.63) is 0 Å². The van der Waals surface area contributed by atoms with Crippen LogP contribution in [0.25, 0.3) is 0 Å². The minimum absolute atomic E-state index is 0.145. The average Bonchev–Trinajstić information content (AvgIpc) is 2.30. The van der Waals surface area contributed by atoms with Gasteiger partial charge in [-0.15, -0.1) is 0 Å². The zero-order chi connectivity index (χ0) is 9.19. The average molecular weight is 186 g/mol. The maximum atomic E-state index is 11.5. The Balaban J connectivity index is 2.56. The molecule has 1 heterocycles. The topological polar surface area (TPSA) is 32.3 Å². The van der Waals surface area contributed by atoms with Gasteiger partial charge in [0, 0.05) is 13.1 Å². The molecule has 12 heavy (non-hydrogen) atoms. The fourth-order valence-electron chi connectivity index (χ4n) is 1.73. The minimum atomic E-state index is -1.35. The molecule has 0 aromatic rings. The molecule has 1 aliphatic heterocycles. The van der Waals surface area contributed by atoms with Gasteiger partial charge in [0.2, 0.25) is 0 Å². The van der Waals surface area contributed by atoms with Gasteiger partial charge in [0.25, 0.3) is 0 Å². The molecule has 0 spiro atoms. The second-order valence-corrected chi connectivity index (χ2v) is 8.57. The molecule has 2 amide bonds. The van der Waals surface area contributed by atoms with Gasteiger partial charge in [0.05, 0.1) is 0 Å². The van der Waals surface area contributed by atoms with Crippen LogP contribution >= 0.6 is 0 Å². The van der Waals surface area contributed by atoms with Crippen LogP contribution in [0.1, 0.15) is 13.3 Å². The number of hydrogen-bond donors (Lipinski definition) is 1. The first-order valence-corrected chi connectivity index (χ1v) is 7.79. The molecule has 0 atom stereocenters. The first-order valence-electron chi connectivity index (χ1n) is 4.63. The van der Waals surface area contributed by atoms with Crippen LogP contribution in [0.4, 0.5) is 4.79 Å². The lowest BCUT2D eigenvalue weighted by atomic mass is 10.5. The van der Waals surface area contributed by atoms with Gasteiger partial charge in [0.1, 0.15) is 0 Å². The van der Waals surface area contributed by atoms with Crippen LogP contribution in [0, 0.1) is 0 Å². The molecular formula is C8H18N2OSi. The van der Waals surface area contributed by atoms with E-state index in [1.54, 1.807) is 0 Å². The molecule has 0 aliphatic carbocycles. The molecule has 3 nitrogen and oxygen atoms in total. The highest BCUT2D eigenvalue weighted by molar-refractivity contribution is 6.77. The number of nitrogens with zero attached hydrogens (tertiary/aromatic N) is 1. The van der Waals surface area contributed by atoms with Crippen LogP contribution in [-0.2, 0) is 0 Å². The van der Waals surface area contributed by atoms with E-state index in [1.165, 1.54) is 12.5 Å². The summed E-state index contributed by atoms with van der Waals surface area (Å²) >= 11 is 0. The van der Waals surface area contributed by atoms with Gasteiger partial charge in [0.15, 0.2) is 8.24 Å². The van der Waals surface area contributed by atoms with E-state index < -0.39 is 8.24 Å². The quantitative estimate of drug-likeness (QED) is 0.620. The predicted octanol–water partition coefficient (Wildman–Crippen LogP) is 1.63. The zero-order valence-corrected chi connectivity index (χ0v) is 9.18. The molecule has 0 saturated carbocycles. The molecular weight excluding hydrogens is 168 g/mol. The lowest BCUT2D eigenvalue weighted by Crippen LogP contribution is -2.51. The largest absolute Gasteiger partial charge is 0.352 e. The maximum Gasteiger partial charge on any atom is 0.309 e. The van der Waals surface area contributed by atoms with Gasteiger partial charge in [-0.2, -0.15) is 0 Å². The molecule has 1 fully saturated rings. The third-order valence-electron chi connectivity index (χ3n) is 2.47. The van der Waals surface area contributed by atoms with Gasteiger partial charge in [-0.05, 0) is 19.4 Å². The van der Waals surface area contributed by atoms with Crippen LogP contribution in [-0.4, -0.2) is 31.9 Å². The Labute approximate surface area is 75.2 Å². The van der Waals surface area contributed by atoms with Crippen LogP contribution in [0.3, 0.4) is 0 Å².